The van der Waals surface area contributed by atoms with Crippen molar-refractivity contribution in [3.8, 4) is 11.5 Å². The van der Waals surface area contributed by atoms with Crippen molar-refractivity contribution in [2.24, 2.45) is 0 Å². The van der Waals surface area contributed by atoms with Crippen LogP contribution >= 0.6 is 0 Å². The first-order valence-corrected chi connectivity index (χ1v) is 9.62. The summed E-state index contributed by atoms with van der Waals surface area (Å²) in [6.45, 7) is 0.785. The molecular weight excluding hydrogens is 416 g/mol. The number of alkyl halides is 3. The van der Waals surface area contributed by atoms with E-state index in [9.17, 15) is 22.4 Å². The molecule has 31 heavy (non-hydrogen) atoms. The van der Waals surface area contributed by atoms with Crippen LogP contribution in [0.1, 0.15) is 30.2 Å². The number of hydrogen-bond donors (Lipinski definition) is 1. The summed E-state index contributed by atoms with van der Waals surface area (Å²) in [6, 6.07) is 9.76. The lowest BCUT2D eigenvalue weighted by Crippen LogP contribution is -2.40. The third-order valence-electron chi connectivity index (χ3n) is 5.10. The van der Waals surface area contributed by atoms with E-state index in [2.05, 4.69) is 15.5 Å². The van der Waals surface area contributed by atoms with Crippen molar-refractivity contribution < 1.29 is 26.8 Å². The van der Waals surface area contributed by atoms with Crippen LogP contribution in [0.25, 0.3) is 11.5 Å². The molecule has 4 rings (SSSR count). The Hall–Kier alpha value is -3.43. The van der Waals surface area contributed by atoms with E-state index in [1.807, 2.05) is 0 Å². The van der Waals surface area contributed by atoms with E-state index >= 15 is 0 Å². The molecule has 1 saturated heterocycles. The van der Waals surface area contributed by atoms with E-state index in [0.29, 0.717) is 43.3 Å². The van der Waals surface area contributed by atoms with Crippen molar-refractivity contribution in [3.05, 3.63) is 65.8 Å². The second-order valence-corrected chi connectivity index (χ2v) is 7.22. The molecule has 0 spiro atoms. The van der Waals surface area contributed by atoms with Crippen LogP contribution in [0.3, 0.4) is 0 Å². The number of rotatable bonds is 3. The zero-order valence-corrected chi connectivity index (χ0v) is 16.2. The minimum atomic E-state index is -4.48. The van der Waals surface area contributed by atoms with Gasteiger partial charge in [-0.25, -0.2) is 9.18 Å². The maximum absolute atomic E-state index is 13.1. The Morgan fingerprint density at radius 1 is 1.06 bits per heavy atom. The number of likely N-dealkylation sites (tertiary alicyclic amines) is 1. The van der Waals surface area contributed by atoms with Gasteiger partial charge in [0.05, 0.1) is 5.56 Å². The van der Waals surface area contributed by atoms with Crippen LogP contribution in [0.4, 0.5) is 28.0 Å². The molecule has 2 aromatic carbocycles. The van der Waals surface area contributed by atoms with Gasteiger partial charge in [0.1, 0.15) is 5.82 Å². The molecule has 1 aliphatic rings. The lowest BCUT2D eigenvalue weighted by molar-refractivity contribution is -0.137. The second-order valence-electron chi connectivity index (χ2n) is 7.22. The predicted molar refractivity (Wildman–Crippen MR) is 104 cm³/mol. The lowest BCUT2D eigenvalue weighted by atomic mass is 9.97. The van der Waals surface area contributed by atoms with Gasteiger partial charge in [0, 0.05) is 30.3 Å². The van der Waals surface area contributed by atoms with Gasteiger partial charge >= 0.3 is 12.2 Å². The summed E-state index contributed by atoms with van der Waals surface area (Å²) in [7, 11) is 0. The summed E-state index contributed by atoms with van der Waals surface area (Å²) in [5, 5.41) is 10.6. The number of amides is 2. The molecule has 0 bridgehead atoms. The van der Waals surface area contributed by atoms with Gasteiger partial charge in [-0.3, -0.25) is 0 Å². The highest BCUT2D eigenvalue weighted by molar-refractivity contribution is 5.89. The zero-order chi connectivity index (χ0) is 22.0. The van der Waals surface area contributed by atoms with Crippen molar-refractivity contribution in [1.82, 2.24) is 15.1 Å². The number of carbonyl (C=O) groups excluding carboxylic acids is 1. The van der Waals surface area contributed by atoms with Crippen LogP contribution < -0.4 is 5.32 Å². The van der Waals surface area contributed by atoms with Gasteiger partial charge in [0.2, 0.25) is 11.8 Å². The first kappa shape index (κ1) is 20.8. The van der Waals surface area contributed by atoms with Crippen molar-refractivity contribution >= 4 is 11.7 Å². The van der Waals surface area contributed by atoms with E-state index in [1.54, 1.807) is 12.1 Å². The van der Waals surface area contributed by atoms with Crippen LogP contribution in [0, 0.1) is 5.82 Å². The van der Waals surface area contributed by atoms with Crippen LogP contribution in [-0.4, -0.2) is 34.2 Å². The fourth-order valence-corrected chi connectivity index (χ4v) is 3.41. The summed E-state index contributed by atoms with van der Waals surface area (Å²) in [6.07, 6.45) is -3.34. The molecule has 1 fully saturated rings. The molecule has 0 atom stereocenters. The first-order valence-electron chi connectivity index (χ1n) is 9.62. The third-order valence-corrected chi connectivity index (χ3v) is 5.10. The van der Waals surface area contributed by atoms with Gasteiger partial charge < -0.3 is 14.6 Å². The Labute approximate surface area is 174 Å². The monoisotopic (exact) mass is 434 g/mol. The van der Waals surface area contributed by atoms with Crippen LogP contribution in [-0.2, 0) is 6.18 Å². The van der Waals surface area contributed by atoms with Gasteiger partial charge in [-0.1, -0.05) is 6.07 Å². The van der Waals surface area contributed by atoms with Crippen molar-refractivity contribution in [1.29, 1.82) is 0 Å². The van der Waals surface area contributed by atoms with Gasteiger partial charge in [0.15, 0.2) is 0 Å². The van der Waals surface area contributed by atoms with Gasteiger partial charge in [0.25, 0.3) is 0 Å². The van der Waals surface area contributed by atoms with Crippen molar-refractivity contribution in [3.63, 3.8) is 0 Å². The average Bonchev–Trinajstić information content (AvgIpc) is 3.24. The molecule has 0 saturated carbocycles. The largest absolute Gasteiger partial charge is 0.420 e. The van der Waals surface area contributed by atoms with E-state index in [4.69, 9.17) is 4.42 Å². The molecule has 1 aliphatic heterocycles. The number of aromatic nitrogens is 2. The summed E-state index contributed by atoms with van der Waals surface area (Å²) in [5.74, 6) is 0.329. The maximum Gasteiger partial charge on any atom is 0.416 e. The molecule has 0 unspecified atom stereocenters. The van der Waals surface area contributed by atoms with Gasteiger partial charge in [-0.15, -0.1) is 10.2 Å². The molecule has 1 aromatic heterocycles. The number of piperidine rings is 1. The van der Waals surface area contributed by atoms with Crippen LogP contribution in [0.15, 0.2) is 52.9 Å². The number of urea groups is 1. The Morgan fingerprint density at radius 2 is 1.77 bits per heavy atom. The fraction of sp³-hybridized carbons (Fsp3) is 0.286. The molecule has 2 amide bonds. The van der Waals surface area contributed by atoms with Gasteiger partial charge in [-0.05, 0) is 55.3 Å². The summed E-state index contributed by atoms with van der Waals surface area (Å²) < 4.78 is 57.3. The van der Waals surface area contributed by atoms with Crippen molar-refractivity contribution in [2.45, 2.75) is 24.9 Å². The number of anilines is 1. The number of halogens is 4. The summed E-state index contributed by atoms with van der Waals surface area (Å²) in [5.41, 5.74) is -0.127. The Bertz CT molecular complexity index is 1060. The molecule has 0 radical (unpaired) electrons. The maximum atomic E-state index is 13.1. The normalized spacial score (nSPS) is 15.2. The molecule has 1 N–H and O–H groups in total. The lowest BCUT2D eigenvalue weighted by Gasteiger charge is -2.30. The number of nitrogens with zero attached hydrogens (tertiary/aromatic N) is 3. The molecule has 0 aliphatic carbocycles. The first-order chi connectivity index (χ1) is 14.8. The molecule has 10 heteroatoms. The smallest absolute Gasteiger partial charge is 0.416 e. The summed E-state index contributed by atoms with van der Waals surface area (Å²) >= 11 is 0. The molecule has 3 aromatic rings. The quantitative estimate of drug-likeness (QED) is 0.568. The minimum absolute atomic E-state index is 0.0423. The number of benzene rings is 2. The second kappa shape index (κ2) is 8.37. The molecule has 6 nitrogen and oxygen atoms in total. The Balaban J connectivity index is 1.35. The molecular formula is C21H18F4N4O2. The summed E-state index contributed by atoms with van der Waals surface area (Å²) in [4.78, 5) is 14.0. The SMILES string of the molecule is O=C(Nc1cccc(C(F)(F)F)c1)N1CCC(c2nnc(-c3ccc(F)cc3)o2)CC1. The van der Waals surface area contributed by atoms with Crippen molar-refractivity contribution in [2.75, 3.05) is 18.4 Å². The number of hydrogen-bond acceptors (Lipinski definition) is 4. The topological polar surface area (TPSA) is 71.3 Å². The Kier molecular flexibility index (Phi) is 5.62. The third kappa shape index (κ3) is 4.84. The van der Waals surface area contributed by atoms with E-state index in [0.717, 1.165) is 12.1 Å². The standard InChI is InChI=1S/C21H18F4N4O2/c22-16-6-4-13(5-7-16)18-27-28-19(31-18)14-8-10-29(11-9-14)20(30)26-17-3-1-2-15(12-17)21(23,24)25/h1-7,12,14H,8-11H2,(H,26,30). The highest BCUT2D eigenvalue weighted by Gasteiger charge is 2.31. The van der Waals surface area contributed by atoms with E-state index < -0.39 is 17.8 Å². The zero-order valence-electron chi connectivity index (χ0n) is 16.2. The number of carbonyl (C=O) groups is 1. The van der Waals surface area contributed by atoms with E-state index in [1.165, 1.54) is 29.2 Å². The van der Waals surface area contributed by atoms with Gasteiger partial charge in [-0.2, -0.15) is 13.2 Å². The highest BCUT2D eigenvalue weighted by Crippen LogP contribution is 2.32. The average molecular weight is 434 g/mol. The van der Waals surface area contributed by atoms with Crippen LogP contribution in [0.5, 0.6) is 0 Å². The predicted octanol–water partition coefficient (Wildman–Crippen LogP) is 5.31. The van der Waals surface area contributed by atoms with E-state index in [-0.39, 0.29) is 17.4 Å². The minimum Gasteiger partial charge on any atom is -0.420 e. The fourth-order valence-electron chi connectivity index (χ4n) is 3.41. The highest BCUT2D eigenvalue weighted by atomic mass is 19.4. The van der Waals surface area contributed by atoms with Crippen LogP contribution in [0.2, 0.25) is 0 Å². The Morgan fingerprint density at radius 3 is 2.45 bits per heavy atom. The molecule has 2 heterocycles. The number of nitrogens with one attached hydrogen (secondary N) is 1. The molecule has 162 valence electrons.